The Labute approximate surface area is 125 Å². The summed E-state index contributed by atoms with van der Waals surface area (Å²) in [6.45, 7) is 6.92. The lowest BCUT2D eigenvalue weighted by molar-refractivity contribution is 0.100. The number of aliphatic hydroxyl groups is 1. The Morgan fingerprint density at radius 3 is 2.71 bits per heavy atom. The topological polar surface area (TPSA) is 70.2 Å². The lowest BCUT2D eigenvalue weighted by Gasteiger charge is -2.23. The highest BCUT2D eigenvalue weighted by molar-refractivity contribution is 5.66. The van der Waals surface area contributed by atoms with E-state index in [0.29, 0.717) is 6.54 Å². The largest absolute Gasteiger partial charge is 0.490 e. The minimum Gasteiger partial charge on any atom is -0.490 e. The first-order chi connectivity index (χ1) is 9.96. The van der Waals surface area contributed by atoms with Crippen LogP contribution in [0.15, 0.2) is 36.5 Å². The van der Waals surface area contributed by atoms with Crippen LogP contribution in [0.25, 0.3) is 11.3 Å². The Kier molecular flexibility index (Phi) is 4.98. The van der Waals surface area contributed by atoms with Gasteiger partial charge >= 0.3 is 0 Å². The number of aromatic nitrogens is 2. The van der Waals surface area contributed by atoms with E-state index in [0.717, 1.165) is 17.0 Å². The molecule has 0 spiro atoms. The molecule has 0 saturated heterocycles. The summed E-state index contributed by atoms with van der Waals surface area (Å²) in [4.78, 5) is 0. The quantitative estimate of drug-likeness (QED) is 0.762. The molecule has 1 aromatic heterocycles. The second-order valence-corrected chi connectivity index (χ2v) is 6.05. The van der Waals surface area contributed by atoms with E-state index in [9.17, 15) is 5.11 Å². The highest BCUT2D eigenvalue weighted by Crippen LogP contribution is 2.27. The minimum absolute atomic E-state index is 0.0199. The van der Waals surface area contributed by atoms with Crippen molar-refractivity contribution in [3.63, 3.8) is 0 Å². The predicted octanol–water partition coefficient (Wildman–Crippen LogP) is 2.20. The third-order valence-electron chi connectivity index (χ3n) is 2.96. The van der Waals surface area contributed by atoms with E-state index in [1.807, 2.05) is 30.3 Å². The van der Waals surface area contributed by atoms with Crippen LogP contribution < -0.4 is 10.1 Å². The second-order valence-electron chi connectivity index (χ2n) is 6.05. The van der Waals surface area contributed by atoms with Crippen LogP contribution in [0.4, 0.5) is 0 Å². The van der Waals surface area contributed by atoms with Crippen molar-refractivity contribution in [1.82, 2.24) is 15.5 Å². The van der Waals surface area contributed by atoms with Crippen LogP contribution in [0, 0.1) is 0 Å². The molecular formula is C16H23N3O2. The molecule has 0 saturated carbocycles. The summed E-state index contributed by atoms with van der Waals surface area (Å²) in [5.41, 5.74) is 1.72. The van der Waals surface area contributed by atoms with E-state index in [1.165, 1.54) is 0 Å². The van der Waals surface area contributed by atoms with Gasteiger partial charge in [0.1, 0.15) is 18.5 Å². The molecule has 5 heteroatoms. The van der Waals surface area contributed by atoms with Crippen LogP contribution >= 0.6 is 0 Å². The van der Waals surface area contributed by atoms with Gasteiger partial charge in [-0.2, -0.15) is 5.10 Å². The number of ether oxygens (including phenoxy) is 1. The van der Waals surface area contributed by atoms with Crippen molar-refractivity contribution in [1.29, 1.82) is 0 Å². The molecule has 1 aromatic carbocycles. The summed E-state index contributed by atoms with van der Waals surface area (Å²) in [5, 5.41) is 20.2. The number of rotatable bonds is 6. The van der Waals surface area contributed by atoms with Gasteiger partial charge in [-0.1, -0.05) is 12.1 Å². The van der Waals surface area contributed by atoms with Crippen molar-refractivity contribution < 1.29 is 9.84 Å². The SMILES string of the molecule is CC(C)(C)NCC(O)COc1ccccc1-c1cc[nH]n1. The number of para-hydroxylation sites is 1. The number of aliphatic hydroxyl groups excluding tert-OH is 1. The summed E-state index contributed by atoms with van der Waals surface area (Å²) in [6, 6.07) is 9.57. The molecule has 1 heterocycles. The van der Waals surface area contributed by atoms with Gasteiger partial charge in [0.2, 0.25) is 0 Å². The lowest BCUT2D eigenvalue weighted by Crippen LogP contribution is -2.42. The van der Waals surface area contributed by atoms with Gasteiger partial charge in [-0.15, -0.1) is 0 Å². The van der Waals surface area contributed by atoms with Crippen LogP contribution in [0.3, 0.4) is 0 Å². The third-order valence-corrected chi connectivity index (χ3v) is 2.96. The molecule has 0 amide bonds. The molecule has 114 valence electrons. The fourth-order valence-electron chi connectivity index (χ4n) is 1.88. The van der Waals surface area contributed by atoms with Gasteiger partial charge in [-0.3, -0.25) is 5.10 Å². The van der Waals surface area contributed by atoms with Crippen molar-refractivity contribution in [2.45, 2.75) is 32.4 Å². The van der Waals surface area contributed by atoms with Gasteiger partial charge in [0.05, 0.1) is 5.69 Å². The molecule has 0 bridgehead atoms. The van der Waals surface area contributed by atoms with Gasteiger partial charge in [-0.25, -0.2) is 0 Å². The number of hydrogen-bond donors (Lipinski definition) is 3. The molecule has 2 aromatic rings. The average molecular weight is 289 g/mol. The lowest BCUT2D eigenvalue weighted by atomic mass is 10.1. The fraction of sp³-hybridized carbons (Fsp3) is 0.438. The van der Waals surface area contributed by atoms with Crippen molar-refractivity contribution >= 4 is 0 Å². The van der Waals surface area contributed by atoms with Crippen LogP contribution in [0.1, 0.15) is 20.8 Å². The molecule has 1 unspecified atom stereocenters. The maximum Gasteiger partial charge on any atom is 0.128 e. The van der Waals surface area contributed by atoms with E-state index in [2.05, 4.69) is 36.3 Å². The molecule has 0 aliphatic heterocycles. The molecule has 5 nitrogen and oxygen atoms in total. The Morgan fingerprint density at radius 1 is 1.29 bits per heavy atom. The first-order valence-corrected chi connectivity index (χ1v) is 7.11. The van der Waals surface area contributed by atoms with Crippen molar-refractivity contribution in [2.24, 2.45) is 0 Å². The Bertz CT molecular complexity index is 547. The zero-order valence-electron chi connectivity index (χ0n) is 12.8. The maximum atomic E-state index is 9.99. The first-order valence-electron chi connectivity index (χ1n) is 7.11. The highest BCUT2D eigenvalue weighted by Gasteiger charge is 2.14. The molecule has 0 aliphatic rings. The average Bonchev–Trinajstić information content (AvgIpc) is 2.96. The number of benzene rings is 1. The van der Waals surface area contributed by atoms with Gasteiger partial charge < -0.3 is 15.2 Å². The number of aromatic amines is 1. The Hall–Kier alpha value is -1.85. The van der Waals surface area contributed by atoms with E-state index in [1.54, 1.807) is 6.20 Å². The Balaban J connectivity index is 1.95. The van der Waals surface area contributed by atoms with Crippen molar-refractivity contribution in [3.05, 3.63) is 36.5 Å². The standard InChI is InChI=1S/C16H23N3O2/c1-16(2,3)17-10-12(20)11-21-15-7-5-4-6-13(15)14-8-9-18-19-14/h4-9,12,17,20H,10-11H2,1-3H3,(H,18,19). The van der Waals surface area contributed by atoms with E-state index < -0.39 is 6.10 Å². The number of hydrogen-bond acceptors (Lipinski definition) is 4. The number of H-pyrrole nitrogens is 1. The van der Waals surface area contributed by atoms with Crippen molar-refractivity contribution in [2.75, 3.05) is 13.2 Å². The van der Waals surface area contributed by atoms with Gasteiger partial charge in [-0.05, 0) is 39.0 Å². The molecule has 3 N–H and O–H groups in total. The predicted molar refractivity (Wildman–Crippen MR) is 83.3 cm³/mol. The minimum atomic E-state index is -0.559. The second kappa shape index (κ2) is 6.74. The first kappa shape index (κ1) is 15.5. The Morgan fingerprint density at radius 2 is 2.05 bits per heavy atom. The van der Waals surface area contributed by atoms with Crippen LogP contribution in [0.5, 0.6) is 5.75 Å². The smallest absolute Gasteiger partial charge is 0.128 e. The van der Waals surface area contributed by atoms with E-state index >= 15 is 0 Å². The zero-order chi connectivity index (χ0) is 15.3. The molecule has 21 heavy (non-hydrogen) atoms. The van der Waals surface area contributed by atoms with Crippen molar-refractivity contribution in [3.8, 4) is 17.0 Å². The highest BCUT2D eigenvalue weighted by atomic mass is 16.5. The monoisotopic (exact) mass is 289 g/mol. The van der Waals surface area contributed by atoms with E-state index in [4.69, 9.17) is 4.74 Å². The molecule has 0 aliphatic carbocycles. The zero-order valence-corrected chi connectivity index (χ0v) is 12.8. The third kappa shape index (κ3) is 4.88. The number of nitrogens with zero attached hydrogens (tertiary/aromatic N) is 1. The van der Waals surface area contributed by atoms with Gasteiger partial charge in [0.25, 0.3) is 0 Å². The molecule has 1 atom stereocenters. The van der Waals surface area contributed by atoms with E-state index in [-0.39, 0.29) is 12.1 Å². The van der Waals surface area contributed by atoms with Gasteiger partial charge in [0, 0.05) is 23.8 Å². The maximum absolute atomic E-state index is 9.99. The number of β-amino-alcohol motifs (C(OH)–C–C–N with tert-alkyl or cyclic N) is 1. The summed E-state index contributed by atoms with van der Waals surface area (Å²) in [7, 11) is 0. The van der Waals surface area contributed by atoms with Crippen LogP contribution in [-0.2, 0) is 0 Å². The fourth-order valence-corrected chi connectivity index (χ4v) is 1.88. The normalized spacial score (nSPS) is 13.1. The number of nitrogens with one attached hydrogen (secondary N) is 2. The van der Waals surface area contributed by atoms with Gasteiger partial charge in [0.15, 0.2) is 0 Å². The molecule has 0 radical (unpaired) electrons. The summed E-state index contributed by atoms with van der Waals surface area (Å²) < 4.78 is 5.74. The summed E-state index contributed by atoms with van der Waals surface area (Å²) in [5.74, 6) is 0.722. The van der Waals surface area contributed by atoms with Crippen LogP contribution in [0.2, 0.25) is 0 Å². The molecular weight excluding hydrogens is 266 g/mol. The van der Waals surface area contributed by atoms with Crippen LogP contribution in [-0.4, -0.2) is 40.1 Å². The molecule has 0 fully saturated rings. The summed E-state index contributed by atoms with van der Waals surface area (Å²) >= 11 is 0. The molecule has 2 rings (SSSR count). The summed E-state index contributed by atoms with van der Waals surface area (Å²) in [6.07, 6.45) is 1.21.